The van der Waals surface area contributed by atoms with Gasteiger partial charge in [0.2, 0.25) is 5.91 Å². The predicted molar refractivity (Wildman–Crippen MR) is 106 cm³/mol. The van der Waals surface area contributed by atoms with Crippen molar-refractivity contribution in [3.05, 3.63) is 66.0 Å². The summed E-state index contributed by atoms with van der Waals surface area (Å²) in [6.07, 6.45) is 5.38. The fraction of sp³-hybridized carbons (Fsp3) is 0.238. The SMILES string of the molecule is O=C(CSc1ccc(F)c(F)c1)Nc1ccc(-c2ncc3n2CCCC3)cc1. The van der Waals surface area contributed by atoms with Crippen LogP contribution in [0.4, 0.5) is 14.5 Å². The zero-order valence-corrected chi connectivity index (χ0v) is 15.9. The number of carbonyl (C=O) groups excluding carboxylic acids is 1. The number of amides is 1. The smallest absolute Gasteiger partial charge is 0.234 e. The standard InChI is InChI=1S/C21H19F2N3OS/c22-18-9-8-17(11-19(18)23)28-13-20(27)25-15-6-4-14(5-7-15)21-24-12-16-3-1-2-10-26(16)21/h4-9,11-12H,1-3,10,13H2,(H,25,27). The zero-order valence-electron chi connectivity index (χ0n) is 15.1. The molecule has 0 spiro atoms. The molecule has 0 saturated carbocycles. The zero-order chi connectivity index (χ0) is 19.5. The maximum Gasteiger partial charge on any atom is 0.234 e. The number of hydrogen-bond acceptors (Lipinski definition) is 3. The second kappa shape index (κ2) is 8.14. The van der Waals surface area contributed by atoms with E-state index in [-0.39, 0.29) is 11.7 Å². The molecule has 1 N–H and O–H groups in total. The van der Waals surface area contributed by atoms with Crippen molar-refractivity contribution in [2.45, 2.75) is 30.7 Å². The molecule has 1 aromatic heterocycles. The summed E-state index contributed by atoms with van der Waals surface area (Å²) in [5.41, 5.74) is 2.97. The molecule has 3 aromatic rings. The number of anilines is 1. The van der Waals surface area contributed by atoms with Crippen LogP contribution in [0.3, 0.4) is 0 Å². The number of nitrogens with zero attached hydrogens (tertiary/aromatic N) is 2. The van der Waals surface area contributed by atoms with Gasteiger partial charge in [0.1, 0.15) is 5.82 Å². The molecule has 0 saturated heterocycles. The average molecular weight is 399 g/mol. The molecule has 1 aliphatic rings. The lowest BCUT2D eigenvalue weighted by molar-refractivity contribution is -0.113. The number of thioether (sulfide) groups is 1. The topological polar surface area (TPSA) is 46.9 Å². The van der Waals surface area contributed by atoms with Crippen molar-refractivity contribution >= 4 is 23.4 Å². The third-order valence-electron chi connectivity index (χ3n) is 4.69. The first kappa shape index (κ1) is 18.7. The summed E-state index contributed by atoms with van der Waals surface area (Å²) >= 11 is 1.16. The van der Waals surface area contributed by atoms with E-state index in [0.29, 0.717) is 10.6 Å². The van der Waals surface area contributed by atoms with E-state index in [9.17, 15) is 13.6 Å². The monoisotopic (exact) mass is 399 g/mol. The van der Waals surface area contributed by atoms with Crippen molar-refractivity contribution in [3.8, 4) is 11.4 Å². The molecule has 0 aliphatic carbocycles. The van der Waals surface area contributed by atoms with Crippen LogP contribution in [0.15, 0.2) is 53.6 Å². The third-order valence-corrected chi connectivity index (χ3v) is 5.68. The van der Waals surface area contributed by atoms with Gasteiger partial charge >= 0.3 is 0 Å². The minimum absolute atomic E-state index is 0.112. The average Bonchev–Trinajstić information content (AvgIpc) is 3.14. The maximum absolute atomic E-state index is 13.2. The minimum atomic E-state index is -0.915. The molecular formula is C21H19F2N3OS. The minimum Gasteiger partial charge on any atom is -0.328 e. The van der Waals surface area contributed by atoms with Gasteiger partial charge in [-0.05, 0) is 61.7 Å². The maximum atomic E-state index is 13.2. The number of benzene rings is 2. The molecule has 0 fully saturated rings. The molecule has 28 heavy (non-hydrogen) atoms. The summed E-state index contributed by atoms with van der Waals surface area (Å²) in [7, 11) is 0. The van der Waals surface area contributed by atoms with Gasteiger partial charge in [0.15, 0.2) is 11.6 Å². The Labute approximate surface area is 166 Å². The molecule has 0 atom stereocenters. The molecule has 4 rings (SSSR count). The Morgan fingerprint density at radius 3 is 2.71 bits per heavy atom. The van der Waals surface area contributed by atoms with E-state index in [2.05, 4.69) is 14.9 Å². The number of halogens is 2. The van der Waals surface area contributed by atoms with Gasteiger partial charge in [-0.2, -0.15) is 0 Å². The van der Waals surface area contributed by atoms with E-state index in [0.717, 1.165) is 48.2 Å². The molecular weight excluding hydrogens is 380 g/mol. The van der Waals surface area contributed by atoms with Gasteiger partial charge in [-0.3, -0.25) is 4.79 Å². The Kier molecular flexibility index (Phi) is 5.43. The summed E-state index contributed by atoms with van der Waals surface area (Å²) in [6.45, 7) is 0.990. The summed E-state index contributed by atoms with van der Waals surface area (Å²) in [4.78, 5) is 17.2. The second-order valence-electron chi connectivity index (χ2n) is 6.67. The van der Waals surface area contributed by atoms with Crippen LogP contribution in [0.2, 0.25) is 0 Å². The summed E-state index contributed by atoms with van der Waals surface area (Å²) in [5, 5.41) is 2.82. The van der Waals surface area contributed by atoms with Crippen molar-refractivity contribution in [3.63, 3.8) is 0 Å². The lowest BCUT2D eigenvalue weighted by atomic mass is 10.1. The summed E-state index contributed by atoms with van der Waals surface area (Å²) < 4.78 is 28.4. The van der Waals surface area contributed by atoms with Crippen LogP contribution in [0, 0.1) is 11.6 Å². The van der Waals surface area contributed by atoms with E-state index in [4.69, 9.17) is 0 Å². The van der Waals surface area contributed by atoms with Crippen molar-refractivity contribution in [2.75, 3.05) is 11.1 Å². The molecule has 2 heterocycles. The lowest BCUT2D eigenvalue weighted by Gasteiger charge is -2.16. The summed E-state index contributed by atoms with van der Waals surface area (Å²) in [5.74, 6) is -0.947. The van der Waals surface area contributed by atoms with E-state index in [1.54, 1.807) is 0 Å². The van der Waals surface area contributed by atoms with Gasteiger partial charge in [0.05, 0.1) is 5.75 Å². The molecule has 7 heteroatoms. The number of imidazole rings is 1. The highest BCUT2D eigenvalue weighted by Gasteiger charge is 2.15. The van der Waals surface area contributed by atoms with Crippen molar-refractivity contribution in [1.29, 1.82) is 0 Å². The normalized spacial score (nSPS) is 13.2. The number of nitrogens with one attached hydrogen (secondary N) is 1. The van der Waals surface area contributed by atoms with Crippen LogP contribution < -0.4 is 5.32 Å². The van der Waals surface area contributed by atoms with E-state index < -0.39 is 11.6 Å². The molecule has 0 unspecified atom stereocenters. The summed E-state index contributed by atoms with van der Waals surface area (Å²) in [6, 6.07) is 11.2. The van der Waals surface area contributed by atoms with Crippen LogP contribution in [0.1, 0.15) is 18.5 Å². The van der Waals surface area contributed by atoms with Crippen LogP contribution in [0.25, 0.3) is 11.4 Å². The van der Waals surface area contributed by atoms with Gasteiger partial charge in [0, 0.05) is 34.6 Å². The van der Waals surface area contributed by atoms with Gasteiger partial charge in [-0.15, -0.1) is 11.8 Å². The molecule has 1 amide bonds. The highest BCUT2D eigenvalue weighted by atomic mass is 32.2. The van der Waals surface area contributed by atoms with Crippen molar-refractivity contribution in [2.24, 2.45) is 0 Å². The number of rotatable bonds is 5. The second-order valence-corrected chi connectivity index (χ2v) is 7.72. The van der Waals surface area contributed by atoms with E-state index in [1.165, 1.54) is 24.6 Å². The first-order chi connectivity index (χ1) is 13.6. The van der Waals surface area contributed by atoms with E-state index >= 15 is 0 Å². The van der Waals surface area contributed by atoms with Crippen molar-refractivity contribution < 1.29 is 13.6 Å². The van der Waals surface area contributed by atoms with Gasteiger partial charge in [-0.1, -0.05) is 0 Å². The van der Waals surface area contributed by atoms with Gasteiger partial charge in [0.25, 0.3) is 0 Å². The molecule has 2 aromatic carbocycles. The Bertz CT molecular complexity index is 1000. The number of fused-ring (bicyclic) bond motifs is 1. The largest absolute Gasteiger partial charge is 0.328 e. The van der Waals surface area contributed by atoms with Crippen LogP contribution in [-0.2, 0) is 17.8 Å². The fourth-order valence-electron chi connectivity index (χ4n) is 3.28. The molecule has 0 radical (unpaired) electrons. The highest BCUT2D eigenvalue weighted by molar-refractivity contribution is 8.00. The molecule has 4 nitrogen and oxygen atoms in total. The Hall–Kier alpha value is -2.67. The quantitative estimate of drug-likeness (QED) is 0.621. The van der Waals surface area contributed by atoms with Crippen LogP contribution in [0.5, 0.6) is 0 Å². The molecule has 0 bridgehead atoms. The van der Waals surface area contributed by atoms with Crippen LogP contribution >= 0.6 is 11.8 Å². The Morgan fingerprint density at radius 2 is 1.93 bits per heavy atom. The van der Waals surface area contributed by atoms with E-state index in [1.807, 2.05) is 30.5 Å². The number of carbonyl (C=O) groups is 1. The Morgan fingerprint density at radius 1 is 1.11 bits per heavy atom. The number of aryl methyl sites for hydroxylation is 1. The highest BCUT2D eigenvalue weighted by Crippen LogP contribution is 2.26. The predicted octanol–water partition coefficient (Wildman–Crippen LogP) is 4.90. The number of aromatic nitrogens is 2. The first-order valence-electron chi connectivity index (χ1n) is 9.13. The fourth-order valence-corrected chi connectivity index (χ4v) is 4.00. The molecule has 1 aliphatic heterocycles. The lowest BCUT2D eigenvalue weighted by Crippen LogP contribution is -2.14. The number of hydrogen-bond donors (Lipinski definition) is 1. The first-order valence-corrected chi connectivity index (χ1v) is 10.1. The van der Waals surface area contributed by atoms with Gasteiger partial charge < -0.3 is 9.88 Å². The Balaban J connectivity index is 1.37. The van der Waals surface area contributed by atoms with Crippen LogP contribution in [-0.4, -0.2) is 21.2 Å². The van der Waals surface area contributed by atoms with Crippen molar-refractivity contribution in [1.82, 2.24) is 9.55 Å². The van der Waals surface area contributed by atoms with Gasteiger partial charge in [-0.25, -0.2) is 13.8 Å². The third kappa shape index (κ3) is 4.09. The molecule has 144 valence electrons.